The second kappa shape index (κ2) is 7.13. The number of amides is 3. The molecule has 2 aliphatic rings. The molecule has 7 nitrogen and oxygen atoms in total. The van der Waals surface area contributed by atoms with E-state index in [0.29, 0.717) is 0 Å². The van der Waals surface area contributed by atoms with Gasteiger partial charge in [0, 0.05) is 19.0 Å². The molecule has 3 amide bonds. The molecule has 0 aromatic rings. The predicted molar refractivity (Wildman–Crippen MR) is 93.9 cm³/mol. The van der Waals surface area contributed by atoms with E-state index in [0.717, 1.165) is 0 Å². The Labute approximate surface area is 153 Å². The number of aliphatic hydroxyl groups excluding tert-OH is 1. The van der Waals surface area contributed by atoms with Gasteiger partial charge in [-0.3, -0.25) is 14.4 Å². The standard InChI is InChI=1S/C18H30FN3O4/c1-10(2)20-14(24)12-8-11(23)9-22(12)15(25)13(17(3,4)5)21-16(26)18(19)6-7-18/h10-13,23H,6-9H2,1-5H3,(H,20,24)(H,21,26)/t11-,12+,13-/m1/s1. The smallest absolute Gasteiger partial charge is 0.258 e. The zero-order valence-corrected chi connectivity index (χ0v) is 16.1. The lowest BCUT2D eigenvalue weighted by Crippen LogP contribution is -2.59. The summed E-state index contributed by atoms with van der Waals surface area (Å²) in [4.78, 5) is 39.0. The maximum absolute atomic E-state index is 14.1. The number of carbonyl (C=O) groups is 3. The van der Waals surface area contributed by atoms with Crippen molar-refractivity contribution in [1.29, 1.82) is 0 Å². The molecule has 148 valence electrons. The van der Waals surface area contributed by atoms with Crippen molar-refractivity contribution in [1.82, 2.24) is 15.5 Å². The quantitative estimate of drug-likeness (QED) is 0.656. The van der Waals surface area contributed by atoms with Crippen LogP contribution in [0.5, 0.6) is 0 Å². The third-order valence-corrected chi connectivity index (χ3v) is 4.78. The molecule has 0 bridgehead atoms. The fourth-order valence-corrected chi connectivity index (χ4v) is 3.10. The number of aliphatic hydroxyl groups is 1. The van der Waals surface area contributed by atoms with Gasteiger partial charge in [-0.15, -0.1) is 0 Å². The molecule has 1 saturated carbocycles. The van der Waals surface area contributed by atoms with Crippen LogP contribution in [0.2, 0.25) is 0 Å². The molecule has 1 heterocycles. The normalized spacial score (nSPS) is 25.8. The minimum Gasteiger partial charge on any atom is -0.391 e. The lowest BCUT2D eigenvalue weighted by atomic mass is 9.85. The fraction of sp³-hybridized carbons (Fsp3) is 0.833. The summed E-state index contributed by atoms with van der Waals surface area (Å²) in [7, 11) is 0. The maximum atomic E-state index is 14.1. The maximum Gasteiger partial charge on any atom is 0.258 e. The number of hydrogen-bond donors (Lipinski definition) is 3. The second-order valence-electron chi connectivity index (χ2n) is 8.80. The van der Waals surface area contributed by atoms with Crippen LogP contribution in [-0.4, -0.2) is 64.2 Å². The van der Waals surface area contributed by atoms with E-state index in [-0.39, 0.29) is 37.8 Å². The van der Waals surface area contributed by atoms with Gasteiger partial charge in [-0.2, -0.15) is 0 Å². The molecule has 1 aliphatic carbocycles. The van der Waals surface area contributed by atoms with Crippen LogP contribution in [0.25, 0.3) is 0 Å². The Morgan fingerprint density at radius 1 is 1.19 bits per heavy atom. The van der Waals surface area contributed by atoms with Crippen molar-refractivity contribution >= 4 is 17.7 Å². The zero-order chi connectivity index (χ0) is 19.9. The Morgan fingerprint density at radius 3 is 2.23 bits per heavy atom. The molecule has 1 aliphatic heterocycles. The van der Waals surface area contributed by atoms with Crippen molar-refractivity contribution in [3.8, 4) is 0 Å². The summed E-state index contributed by atoms with van der Waals surface area (Å²) in [6, 6.07) is -1.89. The van der Waals surface area contributed by atoms with Gasteiger partial charge < -0.3 is 20.6 Å². The van der Waals surface area contributed by atoms with Crippen LogP contribution in [0.1, 0.15) is 53.9 Å². The first-order chi connectivity index (χ1) is 11.8. The highest BCUT2D eigenvalue weighted by atomic mass is 19.1. The highest BCUT2D eigenvalue weighted by molar-refractivity contribution is 5.95. The van der Waals surface area contributed by atoms with Gasteiger partial charge in [-0.25, -0.2) is 4.39 Å². The summed E-state index contributed by atoms with van der Waals surface area (Å²) >= 11 is 0. The number of nitrogens with one attached hydrogen (secondary N) is 2. The highest BCUT2D eigenvalue weighted by Crippen LogP contribution is 2.40. The van der Waals surface area contributed by atoms with E-state index < -0.39 is 41.1 Å². The summed E-state index contributed by atoms with van der Waals surface area (Å²) in [5.74, 6) is -1.60. The topological polar surface area (TPSA) is 98.7 Å². The van der Waals surface area contributed by atoms with Crippen LogP contribution in [0.4, 0.5) is 4.39 Å². The Kier molecular flexibility index (Phi) is 5.66. The lowest BCUT2D eigenvalue weighted by Gasteiger charge is -2.35. The van der Waals surface area contributed by atoms with E-state index >= 15 is 0 Å². The Bertz CT molecular complexity index is 583. The van der Waals surface area contributed by atoms with Crippen LogP contribution in [0.3, 0.4) is 0 Å². The van der Waals surface area contributed by atoms with Crippen molar-refractivity contribution < 1.29 is 23.9 Å². The van der Waals surface area contributed by atoms with Gasteiger partial charge in [-0.1, -0.05) is 20.8 Å². The average molecular weight is 371 g/mol. The molecule has 0 radical (unpaired) electrons. The van der Waals surface area contributed by atoms with Gasteiger partial charge in [0.25, 0.3) is 5.91 Å². The summed E-state index contributed by atoms with van der Waals surface area (Å²) in [6.07, 6.45) is -0.353. The molecule has 3 atom stereocenters. The fourth-order valence-electron chi connectivity index (χ4n) is 3.10. The monoisotopic (exact) mass is 371 g/mol. The molecule has 2 fully saturated rings. The van der Waals surface area contributed by atoms with E-state index in [9.17, 15) is 23.9 Å². The zero-order valence-electron chi connectivity index (χ0n) is 16.1. The highest BCUT2D eigenvalue weighted by Gasteiger charge is 2.53. The van der Waals surface area contributed by atoms with E-state index in [2.05, 4.69) is 10.6 Å². The van der Waals surface area contributed by atoms with Gasteiger partial charge in [0.1, 0.15) is 12.1 Å². The van der Waals surface area contributed by atoms with E-state index in [1.54, 1.807) is 20.8 Å². The van der Waals surface area contributed by atoms with E-state index in [4.69, 9.17) is 0 Å². The van der Waals surface area contributed by atoms with Crippen molar-refractivity contribution in [2.75, 3.05) is 6.54 Å². The minimum absolute atomic E-state index is 0.0121. The first-order valence-corrected chi connectivity index (χ1v) is 9.14. The Morgan fingerprint density at radius 2 is 1.77 bits per heavy atom. The lowest BCUT2D eigenvalue weighted by molar-refractivity contribution is -0.145. The molecule has 0 spiro atoms. The molecule has 0 aromatic carbocycles. The van der Waals surface area contributed by atoms with Crippen LogP contribution in [0, 0.1) is 5.41 Å². The third-order valence-electron chi connectivity index (χ3n) is 4.78. The van der Waals surface area contributed by atoms with E-state index in [1.165, 1.54) is 4.90 Å². The summed E-state index contributed by atoms with van der Waals surface area (Å²) < 4.78 is 14.1. The molecule has 8 heteroatoms. The molecule has 1 saturated heterocycles. The molecule has 0 unspecified atom stereocenters. The number of hydrogen-bond acceptors (Lipinski definition) is 4. The van der Waals surface area contributed by atoms with Crippen LogP contribution in [0.15, 0.2) is 0 Å². The van der Waals surface area contributed by atoms with Crippen molar-refractivity contribution in [2.45, 2.75) is 83.8 Å². The third kappa shape index (κ3) is 4.52. The average Bonchev–Trinajstić information content (AvgIpc) is 3.12. The van der Waals surface area contributed by atoms with Gasteiger partial charge >= 0.3 is 0 Å². The van der Waals surface area contributed by atoms with Gasteiger partial charge in [0.05, 0.1) is 6.10 Å². The van der Waals surface area contributed by atoms with Gasteiger partial charge in [0.15, 0.2) is 5.67 Å². The molecular weight excluding hydrogens is 341 g/mol. The number of β-amino-alcohol motifs (C(OH)–C–C–N with tert-alkyl or cyclic N) is 1. The van der Waals surface area contributed by atoms with E-state index in [1.807, 2.05) is 13.8 Å². The molecule has 2 rings (SSSR count). The van der Waals surface area contributed by atoms with Crippen molar-refractivity contribution in [3.63, 3.8) is 0 Å². The molecule has 3 N–H and O–H groups in total. The van der Waals surface area contributed by atoms with Gasteiger partial charge in [0.2, 0.25) is 11.8 Å². The number of halogens is 1. The minimum atomic E-state index is -1.89. The summed E-state index contributed by atoms with van der Waals surface area (Å²) in [5, 5.41) is 15.3. The predicted octanol–water partition coefficient (Wildman–Crippen LogP) is 0.506. The second-order valence-corrected chi connectivity index (χ2v) is 8.80. The van der Waals surface area contributed by atoms with Gasteiger partial charge in [-0.05, 0) is 32.1 Å². The Hall–Kier alpha value is -1.70. The number of rotatable bonds is 5. The molecule has 0 aromatic heterocycles. The first kappa shape index (κ1) is 20.6. The summed E-state index contributed by atoms with van der Waals surface area (Å²) in [5.41, 5.74) is -2.56. The summed E-state index contributed by atoms with van der Waals surface area (Å²) in [6.45, 7) is 8.93. The SMILES string of the molecule is CC(C)NC(=O)[C@@H]1C[C@@H](O)CN1C(=O)[C@@H](NC(=O)C1(F)CC1)C(C)(C)C. The number of likely N-dealkylation sites (tertiary alicyclic amines) is 1. The van der Waals surface area contributed by atoms with Crippen LogP contribution >= 0.6 is 0 Å². The van der Waals surface area contributed by atoms with Crippen LogP contribution in [-0.2, 0) is 14.4 Å². The largest absolute Gasteiger partial charge is 0.391 e. The number of nitrogens with zero attached hydrogens (tertiary/aromatic N) is 1. The first-order valence-electron chi connectivity index (χ1n) is 9.14. The Balaban J connectivity index is 2.19. The van der Waals surface area contributed by atoms with Crippen LogP contribution < -0.4 is 10.6 Å². The van der Waals surface area contributed by atoms with Crippen molar-refractivity contribution in [3.05, 3.63) is 0 Å². The molecule has 26 heavy (non-hydrogen) atoms. The number of alkyl halides is 1. The van der Waals surface area contributed by atoms with Crippen molar-refractivity contribution in [2.24, 2.45) is 5.41 Å². The number of carbonyl (C=O) groups excluding carboxylic acids is 3. The molecular formula is C18H30FN3O4.